The second-order valence-corrected chi connectivity index (χ2v) is 7.29. The van der Waals surface area contributed by atoms with Gasteiger partial charge in [0.15, 0.2) is 11.6 Å². The van der Waals surface area contributed by atoms with Crippen molar-refractivity contribution in [3.63, 3.8) is 0 Å². The van der Waals surface area contributed by atoms with Crippen LogP contribution in [0, 0.1) is 19.3 Å². The molecule has 0 radical (unpaired) electrons. The summed E-state index contributed by atoms with van der Waals surface area (Å²) in [6.07, 6.45) is 1.74. The first-order valence-corrected chi connectivity index (χ1v) is 9.84. The zero-order valence-electron chi connectivity index (χ0n) is 18.3. The van der Waals surface area contributed by atoms with Crippen molar-refractivity contribution in [2.24, 2.45) is 12.8 Å². The van der Waals surface area contributed by atoms with Gasteiger partial charge in [0.2, 0.25) is 0 Å². The van der Waals surface area contributed by atoms with Crippen LogP contribution in [0.5, 0.6) is 0 Å². The summed E-state index contributed by atoms with van der Waals surface area (Å²) in [5, 5.41) is 25.7. The van der Waals surface area contributed by atoms with E-state index in [1.54, 1.807) is 20.9 Å². The maximum atomic E-state index is 12.7. The van der Waals surface area contributed by atoms with Gasteiger partial charge in [0.25, 0.3) is 17.7 Å². The highest BCUT2D eigenvalue weighted by molar-refractivity contribution is 6.07. The van der Waals surface area contributed by atoms with Crippen molar-refractivity contribution in [2.45, 2.75) is 20.3 Å². The van der Waals surface area contributed by atoms with Crippen LogP contribution in [0.15, 0.2) is 12.3 Å². The van der Waals surface area contributed by atoms with E-state index in [0.29, 0.717) is 22.5 Å². The molecule has 14 nitrogen and oxygen atoms in total. The molecule has 14 heteroatoms. The zero-order chi connectivity index (χ0) is 24.3. The number of nitrogen functional groups attached to an aromatic ring is 1. The van der Waals surface area contributed by atoms with Gasteiger partial charge in [-0.15, -0.1) is 0 Å². The number of carbonyl (C=O) groups excluding carboxylic acids is 3. The lowest BCUT2D eigenvalue weighted by Gasteiger charge is -2.05. The number of hydrogen-bond donors (Lipinski definition) is 8. The number of amidine groups is 1. The molecule has 0 aromatic carbocycles. The SMILES string of the molecule is Cc1c(N)c[nH]c1C(=O)Nc1cc(C(=O)Nc2n[nH]c(C(=O)NCCC(=N)N)c2C)n(C)n1. The average Bonchev–Trinajstić information content (AvgIpc) is 3.39. The van der Waals surface area contributed by atoms with Crippen molar-refractivity contribution < 1.29 is 14.4 Å². The summed E-state index contributed by atoms with van der Waals surface area (Å²) in [7, 11) is 1.55. The molecule has 0 aliphatic heterocycles. The Morgan fingerprint density at radius 2 is 1.85 bits per heavy atom. The number of H-pyrrole nitrogens is 2. The minimum absolute atomic E-state index is 0.0384. The molecule has 0 unspecified atom stereocenters. The van der Waals surface area contributed by atoms with Gasteiger partial charge >= 0.3 is 0 Å². The molecule has 0 atom stereocenters. The Hall–Kier alpha value is -4.62. The Kier molecular flexibility index (Phi) is 6.46. The molecule has 10 N–H and O–H groups in total. The second kappa shape index (κ2) is 9.25. The lowest BCUT2D eigenvalue weighted by atomic mass is 10.2. The summed E-state index contributed by atoms with van der Waals surface area (Å²) in [5.41, 5.74) is 13.1. The molecule has 3 heterocycles. The Balaban J connectivity index is 1.68. The maximum absolute atomic E-state index is 12.7. The number of anilines is 3. The van der Waals surface area contributed by atoms with Crippen LogP contribution in [0.25, 0.3) is 0 Å². The fourth-order valence-corrected chi connectivity index (χ4v) is 2.98. The Morgan fingerprint density at radius 1 is 1.12 bits per heavy atom. The van der Waals surface area contributed by atoms with Crippen LogP contribution in [0.1, 0.15) is 49.0 Å². The number of carbonyl (C=O) groups is 3. The lowest BCUT2D eigenvalue weighted by molar-refractivity contribution is 0.0947. The lowest BCUT2D eigenvalue weighted by Crippen LogP contribution is -2.28. The molecule has 3 aromatic rings. The van der Waals surface area contributed by atoms with Gasteiger partial charge in [-0.25, -0.2) is 0 Å². The third-order valence-corrected chi connectivity index (χ3v) is 4.91. The summed E-state index contributed by atoms with van der Waals surface area (Å²) in [5.74, 6) is -1.12. The van der Waals surface area contributed by atoms with Gasteiger partial charge < -0.3 is 32.4 Å². The van der Waals surface area contributed by atoms with Crippen molar-refractivity contribution in [1.82, 2.24) is 30.3 Å². The highest BCUT2D eigenvalue weighted by atomic mass is 16.2. The van der Waals surface area contributed by atoms with Gasteiger partial charge in [-0.2, -0.15) is 10.2 Å². The van der Waals surface area contributed by atoms with Gasteiger partial charge in [0.05, 0.1) is 11.5 Å². The molecule has 0 spiro atoms. The first kappa shape index (κ1) is 23.1. The van der Waals surface area contributed by atoms with Crippen molar-refractivity contribution in [3.8, 4) is 0 Å². The molecular formula is C19H25N11O3. The predicted molar refractivity (Wildman–Crippen MR) is 121 cm³/mol. The minimum Gasteiger partial charge on any atom is -0.397 e. The summed E-state index contributed by atoms with van der Waals surface area (Å²) >= 11 is 0. The number of aromatic nitrogens is 5. The Morgan fingerprint density at radius 3 is 2.48 bits per heavy atom. The number of aromatic amines is 2. The highest BCUT2D eigenvalue weighted by Crippen LogP contribution is 2.19. The van der Waals surface area contributed by atoms with E-state index < -0.39 is 17.7 Å². The number of nitrogens with two attached hydrogens (primary N) is 2. The van der Waals surface area contributed by atoms with E-state index in [-0.39, 0.29) is 41.8 Å². The van der Waals surface area contributed by atoms with E-state index in [9.17, 15) is 14.4 Å². The second-order valence-electron chi connectivity index (χ2n) is 7.29. The topological polar surface area (TPSA) is 225 Å². The van der Waals surface area contributed by atoms with Crippen LogP contribution >= 0.6 is 0 Å². The summed E-state index contributed by atoms with van der Waals surface area (Å²) in [6.45, 7) is 3.53. The number of nitrogens with zero attached hydrogens (tertiary/aromatic N) is 3. The summed E-state index contributed by atoms with van der Waals surface area (Å²) < 4.78 is 1.30. The molecule has 0 aliphatic rings. The van der Waals surface area contributed by atoms with Gasteiger partial charge in [-0.05, 0) is 13.8 Å². The molecule has 3 amide bonds. The van der Waals surface area contributed by atoms with Crippen LogP contribution in [-0.4, -0.2) is 55.1 Å². The van der Waals surface area contributed by atoms with Gasteiger partial charge in [-0.1, -0.05) is 0 Å². The van der Waals surface area contributed by atoms with Crippen LogP contribution < -0.4 is 27.4 Å². The van der Waals surface area contributed by atoms with E-state index in [0.717, 1.165) is 0 Å². The zero-order valence-corrected chi connectivity index (χ0v) is 18.3. The van der Waals surface area contributed by atoms with Gasteiger partial charge in [0, 0.05) is 43.4 Å². The third kappa shape index (κ3) is 5.00. The fourth-order valence-electron chi connectivity index (χ4n) is 2.98. The summed E-state index contributed by atoms with van der Waals surface area (Å²) in [6, 6.07) is 1.41. The maximum Gasteiger partial charge on any atom is 0.275 e. The van der Waals surface area contributed by atoms with E-state index in [1.807, 2.05) is 0 Å². The first-order chi connectivity index (χ1) is 15.6. The number of nitrogens with one attached hydrogen (secondary N) is 6. The first-order valence-electron chi connectivity index (χ1n) is 9.84. The van der Waals surface area contributed by atoms with Crippen LogP contribution in [-0.2, 0) is 7.05 Å². The average molecular weight is 455 g/mol. The monoisotopic (exact) mass is 455 g/mol. The molecule has 174 valence electrons. The van der Waals surface area contributed by atoms with Gasteiger partial charge in [-0.3, -0.25) is 29.6 Å². The van der Waals surface area contributed by atoms with Crippen molar-refractivity contribution in [3.05, 3.63) is 40.5 Å². The number of aryl methyl sites for hydroxylation is 1. The molecule has 0 aliphatic carbocycles. The van der Waals surface area contributed by atoms with E-state index >= 15 is 0 Å². The quantitative estimate of drug-likeness (QED) is 0.174. The van der Waals surface area contributed by atoms with Crippen molar-refractivity contribution in [1.29, 1.82) is 5.41 Å². The number of hydrogen-bond acceptors (Lipinski definition) is 7. The predicted octanol–water partition coefficient (Wildman–Crippen LogP) is 0.231. The molecule has 3 rings (SSSR count). The largest absolute Gasteiger partial charge is 0.397 e. The number of rotatable bonds is 8. The standard InChI is InChI=1S/C19H25N11O3/c1-8-10(20)7-24-14(8)19(33)25-13-6-11(30(3)29-13)17(31)26-16-9(2)15(27-28-16)18(32)23-5-4-12(21)22/h6-7,24H,4-5,20H2,1-3H3,(H3,21,22)(H,23,32)(H,25,29,33)(H2,26,27,28,31). The molecular weight excluding hydrogens is 430 g/mol. The van der Waals surface area contributed by atoms with Crippen LogP contribution in [0.2, 0.25) is 0 Å². The Labute approximate surface area is 188 Å². The molecule has 0 fully saturated rings. The summed E-state index contributed by atoms with van der Waals surface area (Å²) in [4.78, 5) is 40.2. The minimum atomic E-state index is -0.538. The van der Waals surface area contributed by atoms with E-state index in [4.69, 9.17) is 16.9 Å². The number of amides is 3. The van der Waals surface area contributed by atoms with Gasteiger partial charge in [0.1, 0.15) is 17.1 Å². The smallest absolute Gasteiger partial charge is 0.275 e. The van der Waals surface area contributed by atoms with Crippen LogP contribution in [0.3, 0.4) is 0 Å². The normalized spacial score (nSPS) is 10.6. The molecule has 3 aromatic heterocycles. The fraction of sp³-hybridized carbons (Fsp3) is 0.263. The third-order valence-electron chi connectivity index (χ3n) is 4.91. The van der Waals surface area contributed by atoms with E-state index in [1.165, 1.54) is 16.9 Å². The Bertz CT molecular complexity index is 1230. The molecule has 0 saturated heterocycles. The molecule has 33 heavy (non-hydrogen) atoms. The van der Waals surface area contributed by atoms with Crippen molar-refractivity contribution in [2.75, 3.05) is 22.9 Å². The van der Waals surface area contributed by atoms with Crippen molar-refractivity contribution >= 4 is 40.9 Å². The van der Waals surface area contributed by atoms with E-state index in [2.05, 4.69) is 36.2 Å². The molecule has 0 saturated carbocycles. The van der Waals surface area contributed by atoms with Crippen LogP contribution in [0.4, 0.5) is 17.3 Å². The molecule has 0 bridgehead atoms. The highest BCUT2D eigenvalue weighted by Gasteiger charge is 2.21.